The van der Waals surface area contributed by atoms with Gasteiger partial charge in [0.25, 0.3) is 0 Å². The Kier molecular flexibility index (Phi) is 4.97. The molecule has 0 spiro atoms. The first kappa shape index (κ1) is 17.8. The normalized spacial score (nSPS) is 11.1. The SMILES string of the molecule is CCCOc1ncnc2c(-c3ccc(Cl)cc3)n(-c3ccccc3Cl)nc12. The van der Waals surface area contributed by atoms with Crippen LogP contribution in [0.15, 0.2) is 54.9 Å². The van der Waals surface area contributed by atoms with Crippen LogP contribution in [0.3, 0.4) is 0 Å². The highest BCUT2D eigenvalue weighted by molar-refractivity contribution is 6.32. The Bertz CT molecular complexity index is 1090. The molecule has 0 radical (unpaired) electrons. The van der Waals surface area contributed by atoms with Crippen molar-refractivity contribution in [1.29, 1.82) is 0 Å². The average molecular weight is 399 g/mol. The standard InChI is InChI=1S/C20H16Cl2N4O/c1-2-11-27-20-18-17(23-12-24-20)19(13-7-9-14(21)10-8-13)26(25-18)16-6-4-3-5-15(16)22/h3-10,12H,2,11H2,1H3. The molecule has 136 valence electrons. The van der Waals surface area contributed by atoms with Gasteiger partial charge in [-0.05, 0) is 30.7 Å². The van der Waals surface area contributed by atoms with Crippen LogP contribution >= 0.6 is 23.2 Å². The molecular weight excluding hydrogens is 383 g/mol. The Morgan fingerprint density at radius 1 is 0.963 bits per heavy atom. The molecule has 2 aromatic heterocycles. The van der Waals surface area contributed by atoms with Gasteiger partial charge in [-0.2, -0.15) is 10.1 Å². The van der Waals surface area contributed by atoms with E-state index in [9.17, 15) is 0 Å². The molecule has 0 saturated heterocycles. The molecule has 0 N–H and O–H groups in total. The molecule has 4 aromatic rings. The average Bonchev–Trinajstić information content (AvgIpc) is 3.07. The second-order valence-corrected chi connectivity index (χ2v) is 6.79. The molecule has 2 aromatic carbocycles. The van der Waals surface area contributed by atoms with Crippen molar-refractivity contribution in [1.82, 2.24) is 19.7 Å². The van der Waals surface area contributed by atoms with Gasteiger partial charge in [-0.15, -0.1) is 0 Å². The first-order chi connectivity index (χ1) is 13.2. The summed E-state index contributed by atoms with van der Waals surface area (Å²) in [6.45, 7) is 2.60. The second kappa shape index (κ2) is 7.55. The predicted octanol–water partition coefficient (Wildman–Crippen LogP) is 5.58. The van der Waals surface area contributed by atoms with E-state index in [2.05, 4.69) is 9.97 Å². The maximum Gasteiger partial charge on any atom is 0.245 e. The molecule has 0 amide bonds. The van der Waals surface area contributed by atoms with Crippen molar-refractivity contribution in [3.05, 3.63) is 64.9 Å². The Labute approximate surface area is 166 Å². The quantitative estimate of drug-likeness (QED) is 0.440. The molecule has 0 bridgehead atoms. The van der Waals surface area contributed by atoms with E-state index >= 15 is 0 Å². The van der Waals surface area contributed by atoms with Crippen molar-refractivity contribution in [2.45, 2.75) is 13.3 Å². The highest BCUT2D eigenvalue weighted by Crippen LogP contribution is 2.35. The third-order valence-corrected chi connectivity index (χ3v) is 4.64. The zero-order valence-electron chi connectivity index (χ0n) is 14.6. The monoisotopic (exact) mass is 398 g/mol. The zero-order chi connectivity index (χ0) is 18.8. The van der Waals surface area contributed by atoms with E-state index in [-0.39, 0.29) is 0 Å². The summed E-state index contributed by atoms with van der Waals surface area (Å²) >= 11 is 12.5. The summed E-state index contributed by atoms with van der Waals surface area (Å²) in [6, 6.07) is 15.1. The summed E-state index contributed by atoms with van der Waals surface area (Å²) in [7, 11) is 0. The Morgan fingerprint density at radius 3 is 2.48 bits per heavy atom. The lowest BCUT2D eigenvalue weighted by Gasteiger charge is -2.09. The summed E-state index contributed by atoms with van der Waals surface area (Å²) in [5.41, 5.74) is 3.76. The van der Waals surface area contributed by atoms with Crippen LogP contribution in [0.2, 0.25) is 10.0 Å². The van der Waals surface area contributed by atoms with Gasteiger partial charge in [0.05, 0.1) is 17.3 Å². The van der Waals surface area contributed by atoms with Gasteiger partial charge < -0.3 is 4.74 Å². The van der Waals surface area contributed by atoms with E-state index < -0.39 is 0 Å². The number of fused-ring (bicyclic) bond motifs is 1. The van der Waals surface area contributed by atoms with E-state index in [0.29, 0.717) is 33.6 Å². The van der Waals surface area contributed by atoms with Gasteiger partial charge in [0, 0.05) is 10.6 Å². The second-order valence-electron chi connectivity index (χ2n) is 5.94. The largest absolute Gasteiger partial charge is 0.476 e. The van der Waals surface area contributed by atoms with Crippen LogP contribution in [-0.4, -0.2) is 26.4 Å². The van der Waals surface area contributed by atoms with Gasteiger partial charge in [0.1, 0.15) is 17.5 Å². The van der Waals surface area contributed by atoms with Gasteiger partial charge in [0.15, 0.2) is 5.52 Å². The molecule has 0 aliphatic carbocycles. The zero-order valence-corrected chi connectivity index (χ0v) is 16.1. The number of para-hydroxylation sites is 1. The number of hydrogen-bond acceptors (Lipinski definition) is 4. The molecular formula is C20H16Cl2N4O. The number of aromatic nitrogens is 4. The van der Waals surface area contributed by atoms with Gasteiger partial charge >= 0.3 is 0 Å². The van der Waals surface area contributed by atoms with Crippen LogP contribution in [0, 0.1) is 0 Å². The number of halogens is 2. The van der Waals surface area contributed by atoms with Crippen molar-refractivity contribution in [3.8, 4) is 22.8 Å². The molecule has 0 atom stereocenters. The maximum absolute atomic E-state index is 6.45. The lowest BCUT2D eigenvalue weighted by molar-refractivity contribution is 0.308. The van der Waals surface area contributed by atoms with Gasteiger partial charge in [-0.3, -0.25) is 0 Å². The van der Waals surface area contributed by atoms with Crippen LogP contribution in [0.25, 0.3) is 28.0 Å². The fourth-order valence-corrected chi connectivity index (χ4v) is 3.19. The highest BCUT2D eigenvalue weighted by atomic mass is 35.5. The molecule has 0 fully saturated rings. The van der Waals surface area contributed by atoms with Crippen molar-refractivity contribution >= 4 is 34.2 Å². The first-order valence-corrected chi connectivity index (χ1v) is 9.32. The molecule has 0 unspecified atom stereocenters. The molecule has 0 aliphatic rings. The maximum atomic E-state index is 6.45. The Hall–Kier alpha value is -2.63. The minimum atomic E-state index is 0.461. The third kappa shape index (κ3) is 3.36. The lowest BCUT2D eigenvalue weighted by atomic mass is 10.1. The van der Waals surface area contributed by atoms with Crippen LogP contribution in [0.5, 0.6) is 5.88 Å². The Morgan fingerprint density at radius 2 is 1.74 bits per heavy atom. The first-order valence-electron chi connectivity index (χ1n) is 8.56. The van der Waals surface area contributed by atoms with Gasteiger partial charge in [0.2, 0.25) is 5.88 Å². The third-order valence-electron chi connectivity index (χ3n) is 4.07. The van der Waals surface area contributed by atoms with Crippen LogP contribution in [0.4, 0.5) is 0 Å². The summed E-state index contributed by atoms with van der Waals surface area (Å²) in [6.07, 6.45) is 2.37. The summed E-state index contributed by atoms with van der Waals surface area (Å²) in [4.78, 5) is 8.73. The van der Waals surface area contributed by atoms with Crippen LogP contribution in [-0.2, 0) is 0 Å². The number of ether oxygens (including phenoxy) is 1. The van der Waals surface area contributed by atoms with Crippen molar-refractivity contribution in [2.75, 3.05) is 6.61 Å². The molecule has 5 nitrogen and oxygen atoms in total. The fraction of sp³-hybridized carbons (Fsp3) is 0.150. The topological polar surface area (TPSA) is 52.8 Å². The predicted molar refractivity (Wildman–Crippen MR) is 108 cm³/mol. The summed E-state index contributed by atoms with van der Waals surface area (Å²) in [5, 5.41) is 5.99. The highest BCUT2D eigenvalue weighted by Gasteiger charge is 2.21. The van der Waals surface area contributed by atoms with E-state index in [1.165, 1.54) is 6.33 Å². The van der Waals surface area contributed by atoms with E-state index in [0.717, 1.165) is 23.4 Å². The van der Waals surface area contributed by atoms with Crippen LogP contribution < -0.4 is 4.74 Å². The van der Waals surface area contributed by atoms with Crippen LogP contribution in [0.1, 0.15) is 13.3 Å². The van der Waals surface area contributed by atoms with E-state index in [4.69, 9.17) is 33.0 Å². The lowest BCUT2D eigenvalue weighted by Crippen LogP contribution is -2.00. The molecule has 2 heterocycles. The molecule has 0 aliphatic heterocycles. The van der Waals surface area contributed by atoms with Gasteiger partial charge in [-0.25, -0.2) is 9.67 Å². The summed E-state index contributed by atoms with van der Waals surface area (Å²) in [5.74, 6) is 0.461. The summed E-state index contributed by atoms with van der Waals surface area (Å²) < 4.78 is 7.56. The van der Waals surface area contributed by atoms with E-state index in [1.54, 1.807) is 4.68 Å². The molecule has 0 saturated carbocycles. The molecule has 7 heteroatoms. The van der Waals surface area contributed by atoms with Gasteiger partial charge in [-0.1, -0.05) is 54.4 Å². The minimum Gasteiger partial charge on any atom is -0.476 e. The smallest absolute Gasteiger partial charge is 0.245 e. The number of nitrogens with zero attached hydrogens (tertiary/aromatic N) is 4. The fourth-order valence-electron chi connectivity index (χ4n) is 2.85. The molecule has 4 rings (SSSR count). The van der Waals surface area contributed by atoms with E-state index in [1.807, 2.05) is 55.5 Å². The van der Waals surface area contributed by atoms with Crippen molar-refractivity contribution in [2.24, 2.45) is 0 Å². The van der Waals surface area contributed by atoms with Crippen molar-refractivity contribution in [3.63, 3.8) is 0 Å². The Balaban J connectivity index is 2.01. The number of rotatable bonds is 5. The molecule has 27 heavy (non-hydrogen) atoms. The number of hydrogen-bond donors (Lipinski definition) is 0. The number of benzene rings is 2. The minimum absolute atomic E-state index is 0.461. The van der Waals surface area contributed by atoms with Crippen molar-refractivity contribution < 1.29 is 4.74 Å².